The maximum Gasteiger partial charge on any atom is 0.254 e. The highest BCUT2D eigenvalue weighted by atomic mass is 32.1. The molecule has 0 aliphatic heterocycles. The summed E-state index contributed by atoms with van der Waals surface area (Å²) in [6, 6.07) is 0. The van der Waals surface area contributed by atoms with E-state index in [1.807, 2.05) is 12.3 Å². The third-order valence-electron chi connectivity index (χ3n) is 2.98. The Morgan fingerprint density at radius 3 is 2.53 bits per heavy atom. The number of nitrogens with one attached hydrogen (secondary N) is 1. The molecule has 0 saturated heterocycles. The summed E-state index contributed by atoms with van der Waals surface area (Å²) in [4.78, 5) is 23.8. The van der Waals surface area contributed by atoms with Crippen LogP contribution in [0.25, 0.3) is 11.5 Å². The monoisotopic (exact) mass is 277 g/mol. The van der Waals surface area contributed by atoms with Gasteiger partial charge in [0.25, 0.3) is 5.56 Å². The van der Waals surface area contributed by atoms with Gasteiger partial charge in [-0.1, -0.05) is 27.7 Å². The second-order valence-electron chi connectivity index (χ2n) is 5.63. The van der Waals surface area contributed by atoms with E-state index in [1.165, 1.54) is 0 Å². The predicted molar refractivity (Wildman–Crippen MR) is 78.8 cm³/mol. The van der Waals surface area contributed by atoms with Gasteiger partial charge in [-0.3, -0.25) is 4.79 Å². The molecule has 4 nitrogen and oxygen atoms in total. The summed E-state index contributed by atoms with van der Waals surface area (Å²) in [6.07, 6.45) is 0.749. The van der Waals surface area contributed by atoms with Crippen molar-refractivity contribution in [1.82, 2.24) is 15.0 Å². The standard InChI is InChI=1S/C14H19N3OS/c1-6-9-8(2)12(18)17-11(15-9)10-7-19-13(16-10)14(3,4)5/h7H,6H2,1-5H3,(H,15,17,18). The zero-order chi connectivity index (χ0) is 14.2. The van der Waals surface area contributed by atoms with Gasteiger partial charge in [0.1, 0.15) is 5.69 Å². The van der Waals surface area contributed by atoms with Gasteiger partial charge in [-0.15, -0.1) is 11.3 Å². The lowest BCUT2D eigenvalue weighted by molar-refractivity contribution is 0.585. The number of aryl methyl sites for hydroxylation is 1. The fourth-order valence-electron chi connectivity index (χ4n) is 1.77. The zero-order valence-corrected chi connectivity index (χ0v) is 12.8. The molecule has 0 unspecified atom stereocenters. The highest BCUT2D eigenvalue weighted by Gasteiger charge is 2.19. The van der Waals surface area contributed by atoms with Crippen molar-refractivity contribution < 1.29 is 0 Å². The van der Waals surface area contributed by atoms with Crippen LogP contribution in [0.3, 0.4) is 0 Å². The van der Waals surface area contributed by atoms with Crippen molar-refractivity contribution in [3.63, 3.8) is 0 Å². The van der Waals surface area contributed by atoms with Gasteiger partial charge in [0.05, 0.1) is 10.7 Å². The van der Waals surface area contributed by atoms with Gasteiger partial charge in [0, 0.05) is 16.4 Å². The number of aromatic amines is 1. The average molecular weight is 277 g/mol. The lowest BCUT2D eigenvalue weighted by Gasteiger charge is -2.13. The summed E-state index contributed by atoms with van der Waals surface area (Å²) in [5.74, 6) is 0.569. The molecule has 102 valence electrons. The molecule has 2 rings (SSSR count). The maximum absolute atomic E-state index is 11.9. The first-order chi connectivity index (χ1) is 8.82. The fourth-order valence-corrected chi connectivity index (χ4v) is 2.66. The first-order valence-corrected chi connectivity index (χ1v) is 7.27. The summed E-state index contributed by atoms with van der Waals surface area (Å²) in [6.45, 7) is 10.2. The molecule has 0 amide bonds. The lowest BCUT2D eigenvalue weighted by Crippen LogP contribution is -2.16. The number of hydrogen-bond acceptors (Lipinski definition) is 4. The second kappa shape index (κ2) is 4.89. The maximum atomic E-state index is 11.9. The first kappa shape index (κ1) is 13.9. The van der Waals surface area contributed by atoms with Crippen LogP contribution < -0.4 is 5.56 Å². The number of H-pyrrole nitrogens is 1. The van der Waals surface area contributed by atoms with Crippen LogP contribution >= 0.6 is 11.3 Å². The molecule has 19 heavy (non-hydrogen) atoms. The van der Waals surface area contributed by atoms with Crippen LogP contribution in [0.1, 0.15) is 44.0 Å². The average Bonchev–Trinajstić information content (AvgIpc) is 2.81. The van der Waals surface area contributed by atoms with Gasteiger partial charge in [0.15, 0.2) is 5.82 Å². The van der Waals surface area contributed by atoms with Crippen molar-refractivity contribution in [2.24, 2.45) is 0 Å². The minimum absolute atomic E-state index is 0.0154. The molecule has 2 heterocycles. The van der Waals surface area contributed by atoms with Crippen molar-refractivity contribution in [2.45, 2.75) is 46.5 Å². The van der Waals surface area contributed by atoms with Gasteiger partial charge >= 0.3 is 0 Å². The molecule has 0 aromatic carbocycles. The van der Waals surface area contributed by atoms with Gasteiger partial charge in [-0.05, 0) is 13.3 Å². The van der Waals surface area contributed by atoms with Crippen LogP contribution in [-0.4, -0.2) is 15.0 Å². The summed E-state index contributed by atoms with van der Waals surface area (Å²) in [5, 5.41) is 3.00. The second-order valence-corrected chi connectivity index (χ2v) is 6.49. The molecule has 0 fully saturated rings. The van der Waals surface area contributed by atoms with E-state index < -0.39 is 0 Å². The van der Waals surface area contributed by atoms with Crippen molar-refractivity contribution in [3.8, 4) is 11.5 Å². The Morgan fingerprint density at radius 1 is 1.32 bits per heavy atom. The van der Waals surface area contributed by atoms with Crippen LogP contribution in [0.5, 0.6) is 0 Å². The van der Waals surface area contributed by atoms with Crippen LogP contribution in [0.4, 0.5) is 0 Å². The van der Waals surface area contributed by atoms with Gasteiger partial charge in [0.2, 0.25) is 0 Å². The SMILES string of the molecule is CCc1nc(-c2csc(C(C)(C)C)n2)[nH]c(=O)c1C. The normalized spacial score (nSPS) is 11.8. The number of rotatable bonds is 2. The number of nitrogens with zero attached hydrogens (tertiary/aromatic N) is 2. The molecule has 5 heteroatoms. The first-order valence-electron chi connectivity index (χ1n) is 6.39. The van der Waals surface area contributed by atoms with E-state index in [1.54, 1.807) is 18.3 Å². The largest absolute Gasteiger partial charge is 0.305 e. The lowest BCUT2D eigenvalue weighted by atomic mass is 9.98. The predicted octanol–water partition coefficient (Wildman–Crippen LogP) is 3.06. The van der Waals surface area contributed by atoms with Crippen LogP contribution in [0, 0.1) is 6.92 Å². The molecule has 0 atom stereocenters. The van der Waals surface area contributed by atoms with E-state index >= 15 is 0 Å². The quantitative estimate of drug-likeness (QED) is 0.917. The topological polar surface area (TPSA) is 58.6 Å². The summed E-state index contributed by atoms with van der Waals surface area (Å²) in [7, 11) is 0. The molecule has 1 N–H and O–H groups in total. The van der Waals surface area contributed by atoms with Gasteiger partial charge in [-0.25, -0.2) is 9.97 Å². The van der Waals surface area contributed by atoms with E-state index in [0.717, 1.165) is 22.8 Å². The minimum atomic E-state index is -0.0767. The third-order valence-corrected chi connectivity index (χ3v) is 4.24. The van der Waals surface area contributed by atoms with Crippen molar-refractivity contribution in [3.05, 3.63) is 32.0 Å². The molecule has 0 radical (unpaired) electrons. The highest BCUT2D eigenvalue weighted by molar-refractivity contribution is 7.10. The molecule has 0 aliphatic rings. The van der Waals surface area contributed by atoms with E-state index in [-0.39, 0.29) is 11.0 Å². The Kier molecular flexibility index (Phi) is 3.58. The highest BCUT2D eigenvalue weighted by Crippen LogP contribution is 2.28. The molecule has 2 aromatic rings. The fraction of sp³-hybridized carbons (Fsp3) is 0.500. The third kappa shape index (κ3) is 2.76. The Hall–Kier alpha value is -1.49. The Balaban J connectivity index is 2.51. The minimum Gasteiger partial charge on any atom is -0.305 e. The summed E-state index contributed by atoms with van der Waals surface area (Å²) in [5.41, 5.74) is 2.22. The van der Waals surface area contributed by atoms with Crippen LogP contribution in [-0.2, 0) is 11.8 Å². The summed E-state index contributed by atoms with van der Waals surface area (Å²) >= 11 is 1.60. The Morgan fingerprint density at radius 2 is 2.00 bits per heavy atom. The number of thiazole rings is 1. The summed E-state index contributed by atoms with van der Waals surface area (Å²) < 4.78 is 0. The molecule has 0 spiro atoms. The van der Waals surface area contributed by atoms with Gasteiger partial charge in [-0.2, -0.15) is 0 Å². The molecule has 0 bridgehead atoms. The molecule has 0 aliphatic carbocycles. The zero-order valence-electron chi connectivity index (χ0n) is 12.0. The number of hydrogen-bond donors (Lipinski definition) is 1. The van der Waals surface area contributed by atoms with Crippen molar-refractivity contribution in [2.75, 3.05) is 0 Å². The smallest absolute Gasteiger partial charge is 0.254 e. The van der Waals surface area contributed by atoms with Gasteiger partial charge < -0.3 is 4.98 Å². The molecular formula is C14H19N3OS. The molecular weight excluding hydrogens is 258 g/mol. The van der Waals surface area contributed by atoms with Crippen molar-refractivity contribution >= 4 is 11.3 Å². The Bertz CT molecular complexity index is 649. The van der Waals surface area contributed by atoms with E-state index in [0.29, 0.717) is 11.4 Å². The van der Waals surface area contributed by atoms with Crippen LogP contribution in [0.2, 0.25) is 0 Å². The molecule has 0 saturated carbocycles. The van der Waals surface area contributed by atoms with Crippen molar-refractivity contribution in [1.29, 1.82) is 0 Å². The van der Waals surface area contributed by atoms with E-state index in [4.69, 9.17) is 0 Å². The Labute approximate surface area is 117 Å². The van der Waals surface area contributed by atoms with E-state index in [2.05, 4.69) is 35.7 Å². The molecule has 2 aromatic heterocycles. The number of aromatic nitrogens is 3. The van der Waals surface area contributed by atoms with E-state index in [9.17, 15) is 4.79 Å². The van der Waals surface area contributed by atoms with Crippen LogP contribution in [0.15, 0.2) is 10.2 Å².